The molecule has 1 aromatic rings. The van der Waals surface area contributed by atoms with Crippen molar-refractivity contribution in [3.63, 3.8) is 0 Å². The molecular weight excluding hydrogens is 190 g/mol. The fraction of sp³-hybridized carbons (Fsp3) is 0.300. The van der Waals surface area contributed by atoms with Crippen LogP contribution < -0.4 is 11.1 Å². The van der Waals surface area contributed by atoms with Crippen LogP contribution in [0.3, 0.4) is 0 Å². The first-order valence-electron chi connectivity index (χ1n) is 4.63. The van der Waals surface area contributed by atoms with Crippen molar-refractivity contribution in [3.8, 4) is 0 Å². The quantitative estimate of drug-likeness (QED) is 0.425. The minimum Gasteiger partial charge on any atom is -0.370 e. The highest BCUT2D eigenvalue weighted by atomic mass is 15.1. The first-order chi connectivity index (χ1) is 7.18. The maximum atomic E-state index is 5.62. The summed E-state index contributed by atoms with van der Waals surface area (Å²) < 4.78 is 0. The van der Waals surface area contributed by atoms with Crippen LogP contribution in [0.25, 0.3) is 0 Å². The van der Waals surface area contributed by atoms with Gasteiger partial charge < -0.3 is 11.1 Å². The zero-order valence-electron chi connectivity index (χ0n) is 8.77. The van der Waals surface area contributed by atoms with Crippen LogP contribution in [-0.4, -0.2) is 22.7 Å². The van der Waals surface area contributed by atoms with Crippen LogP contribution in [0.1, 0.15) is 12.6 Å². The molecule has 0 saturated carbocycles. The molecule has 0 aromatic carbocycles. The van der Waals surface area contributed by atoms with Crippen LogP contribution in [0.15, 0.2) is 35.5 Å². The predicted molar refractivity (Wildman–Crippen MR) is 60.2 cm³/mol. The molecule has 0 bridgehead atoms. The summed E-state index contributed by atoms with van der Waals surface area (Å²) in [6.45, 7) is 6.74. The van der Waals surface area contributed by atoms with Crippen LogP contribution in [-0.2, 0) is 6.54 Å². The van der Waals surface area contributed by atoms with Crippen molar-refractivity contribution in [1.82, 2.24) is 15.5 Å². The van der Waals surface area contributed by atoms with Gasteiger partial charge >= 0.3 is 0 Å². The van der Waals surface area contributed by atoms with Crippen molar-refractivity contribution in [2.45, 2.75) is 13.5 Å². The van der Waals surface area contributed by atoms with Crippen LogP contribution in [0.4, 0.5) is 0 Å². The number of nitrogens with one attached hydrogen (secondary N) is 1. The van der Waals surface area contributed by atoms with Gasteiger partial charge in [-0.15, -0.1) is 0 Å². The van der Waals surface area contributed by atoms with Gasteiger partial charge in [0, 0.05) is 12.7 Å². The van der Waals surface area contributed by atoms with Crippen LogP contribution >= 0.6 is 0 Å². The molecule has 0 aliphatic carbocycles. The van der Waals surface area contributed by atoms with Gasteiger partial charge in [-0.05, 0) is 19.1 Å². The molecule has 80 valence electrons. The minimum atomic E-state index is 0.392. The van der Waals surface area contributed by atoms with Gasteiger partial charge in [0.25, 0.3) is 0 Å². The van der Waals surface area contributed by atoms with E-state index in [1.165, 1.54) is 0 Å². The third-order valence-electron chi connectivity index (χ3n) is 1.61. The first-order valence-corrected chi connectivity index (χ1v) is 4.63. The molecule has 0 fully saturated rings. The van der Waals surface area contributed by atoms with Crippen LogP contribution in [0.2, 0.25) is 0 Å². The summed E-state index contributed by atoms with van der Waals surface area (Å²) in [5.41, 5.74) is 7.42. The number of rotatable bonds is 4. The summed E-state index contributed by atoms with van der Waals surface area (Å²) in [6, 6.07) is 3.66. The Bertz CT molecular complexity index is 344. The van der Waals surface area contributed by atoms with E-state index in [1.54, 1.807) is 6.20 Å². The van der Waals surface area contributed by atoms with E-state index in [0.29, 0.717) is 19.0 Å². The number of hydrogen-bond acceptors (Lipinski definition) is 3. The standard InChI is InChI=1S/C10H15N5/c1-8(2)6-12-10(11)13-7-9-4-3-5-14-15-9/h3-5H,1,6-7H2,2H3,(H3,11,12,13). The minimum absolute atomic E-state index is 0.392. The molecule has 1 aromatic heterocycles. The smallest absolute Gasteiger partial charge is 0.189 e. The number of aliphatic imine (C=N–C) groups is 1. The molecule has 3 N–H and O–H groups in total. The Morgan fingerprint density at radius 3 is 3.07 bits per heavy atom. The molecule has 0 aliphatic rings. The molecule has 1 heterocycles. The maximum Gasteiger partial charge on any atom is 0.189 e. The normalized spacial score (nSPS) is 11.1. The molecule has 0 saturated heterocycles. The molecule has 1 rings (SSSR count). The predicted octanol–water partition coefficient (Wildman–Crippen LogP) is 0.457. The van der Waals surface area contributed by atoms with Gasteiger partial charge in [-0.3, -0.25) is 0 Å². The Labute approximate surface area is 89.1 Å². The molecule has 0 amide bonds. The Morgan fingerprint density at radius 1 is 1.67 bits per heavy atom. The summed E-state index contributed by atoms with van der Waals surface area (Å²) in [5.74, 6) is 0.392. The van der Waals surface area contributed by atoms with E-state index in [-0.39, 0.29) is 0 Å². The van der Waals surface area contributed by atoms with Gasteiger partial charge in [0.1, 0.15) is 0 Å². The number of aromatic nitrogens is 2. The molecular formula is C10H15N5. The summed E-state index contributed by atoms with van der Waals surface area (Å²) in [5, 5.41) is 10.6. The third kappa shape index (κ3) is 4.75. The van der Waals surface area contributed by atoms with Gasteiger partial charge in [0.05, 0.1) is 12.2 Å². The zero-order valence-corrected chi connectivity index (χ0v) is 8.77. The molecule has 0 radical (unpaired) electrons. The van der Waals surface area contributed by atoms with Gasteiger partial charge in [-0.2, -0.15) is 10.2 Å². The van der Waals surface area contributed by atoms with Crippen LogP contribution in [0, 0.1) is 0 Å². The van der Waals surface area contributed by atoms with Gasteiger partial charge in [-0.25, -0.2) is 4.99 Å². The number of nitrogens with zero attached hydrogens (tertiary/aromatic N) is 3. The Hall–Kier alpha value is -1.91. The topological polar surface area (TPSA) is 76.2 Å². The van der Waals surface area contributed by atoms with Gasteiger partial charge in [-0.1, -0.05) is 12.2 Å². The largest absolute Gasteiger partial charge is 0.370 e. The van der Waals surface area contributed by atoms with E-state index in [4.69, 9.17) is 5.73 Å². The average molecular weight is 205 g/mol. The van der Waals surface area contributed by atoms with Crippen molar-refractivity contribution in [3.05, 3.63) is 36.2 Å². The fourth-order valence-corrected chi connectivity index (χ4v) is 0.881. The molecule has 15 heavy (non-hydrogen) atoms. The lowest BCUT2D eigenvalue weighted by atomic mass is 10.3. The molecule has 0 spiro atoms. The molecule has 5 heteroatoms. The van der Waals surface area contributed by atoms with Gasteiger partial charge in [0.2, 0.25) is 0 Å². The average Bonchev–Trinajstić information content (AvgIpc) is 2.25. The monoisotopic (exact) mass is 205 g/mol. The van der Waals surface area contributed by atoms with E-state index < -0.39 is 0 Å². The second-order valence-corrected chi connectivity index (χ2v) is 3.23. The highest BCUT2D eigenvalue weighted by molar-refractivity contribution is 5.77. The van der Waals surface area contributed by atoms with E-state index in [2.05, 4.69) is 27.1 Å². The van der Waals surface area contributed by atoms with E-state index in [9.17, 15) is 0 Å². The lowest BCUT2D eigenvalue weighted by Gasteiger charge is -2.04. The highest BCUT2D eigenvalue weighted by Crippen LogP contribution is 1.92. The van der Waals surface area contributed by atoms with Crippen molar-refractivity contribution in [2.24, 2.45) is 10.7 Å². The van der Waals surface area contributed by atoms with Gasteiger partial charge in [0.15, 0.2) is 5.96 Å². The molecule has 0 aliphatic heterocycles. The van der Waals surface area contributed by atoms with Crippen molar-refractivity contribution < 1.29 is 0 Å². The third-order valence-corrected chi connectivity index (χ3v) is 1.61. The number of nitrogens with two attached hydrogens (primary N) is 1. The second kappa shape index (κ2) is 5.74. The van der Waals surface area contributed by atoms with Crippen molar-refractivity contribution >= 4 is 5.96 Å². The number of guanidine groups is 1. The second-order valence-electron chi connectivity index (χ2n) is 3.23. The Balaban J connectivity index is 2.40. The van der Waals surface area contributed by atoms with E-state index >= 15 is 0 Å². The lowest BCUT2D eigenvalue weighted by molar-refractivity contribution is 0.878. The fourth-order valence-electron chi connectivity index (χ4n) is 0.881. The number of hydrogen-bond donors (Lipinski definition) is 2. The molecule has 0 atom stereocenters. The maximum absolute atomic E-state index is 5.62. The summed E-state index contributed by atoms with van der Waals surface area (Å²) in [6.07, 6.45) is 1.62. The van der Waals surface area contributed by atoms with Crippen molar-refractivity contribution in [1.29, 1.82) is 0 Å². The van der Waals surface area contributed by atoms with E-state index in [1.807, 2.05) is 19.1 Å². The highest BCUT2D eigenvalue weighted by Gasteiger charge is 1.93. The lowest BCUT2D eigenvalue weighted by Crippen LogP contribution is -2.32. The Morgan fingerprint density at radius 2 is 2.47 bits per heavy atom. The molecule has 0 unspecified atom stereocenters. The van der Waals surface area contributed by atoms with Crippen molar-refractivity contribution in [2.75, 3.05) is 6.54 Å². The first kappa shape index (κ1) is 11.2. The summed E-state index contributed by atoms with van der Waals surface area (Å²) in [4.78, 5) is 4.11. The van der Waals surface area contributed by atoms with E-state index in [0.717, 1.165) is 11.3 Å². The summed E-state index contributed by atoms with van der Waals surface area (Å²) >= 11 is 0. The summed E-state index contributed by atoms with van der Waals surface area (Å²) in [7, 11) is 0. The van der Waals surface area contributed by atoms with Crippen LogP contribution in [0.5, 0.6) is 0 Å². The molecule has 5 nitrogen and oxygen atoms in total. The SMILES string of the molecule is C=C(C)CNC(N)=NCc1cccnn1. The Kier molecular flexibility index (Phi) is 4.28. The zero-order chi connectivity index (χ0) is 11.1.